The number of benzene rings is 1. The summed E-state index contributed by atoms with van der Waals surface area (Å²) in [5, 5.41) is 10.1. The summed E-state index contributed by atoms with van der Waals surface area (Å²) >= 11 is 1.82. The SMILES string of the molecule is C#C.C/C=N\OCC=O.CNc1ccccc1.Cc1cc2cc3c(nc2s1)CCC(C(C)(C)C)C3.NCCNC=O. The Morgan fingerprint density at radius 2 is 1.88 bits per heavy atom. The molecular formula is C32H47N5O3S. The summed E-state index contributed by atoms with van der Waals surface area (Å²) < 4.78 is 0. The second-order valence-electron chi connectivity index (χ2n) is 9.95. The molecule has 2 heterocycles. The standard InChI is InChI=1S/C16H21NS.C7H9N.C4H7NO2.C3H8N2O.C2H2/c1-10-7-12-8-11-9-13(16(2,3)4)5-6-14(11)17-15(12)18-10;1-8-7-5-3-2-4-6-7;1-2-5-7-4-3-6;4-1-2-5-3-6;1-2/h7-8,13H,5-6,9H2,1-4H3;2-6,8H,1H3;2-3H,4H2,1H3;3H,1-2,4H2,(H,5,6);1-2H/b;;5-2-;;. The summed E-state index contributed by atoms with van der Waals surface area (Å²) in [5.41, 5.74) is 9.41. The minimum Gasteiger partial charge on any atom is -0.388 e. The monoisotopic (exact) mass is 581 g/mol. The molecule has 1 aromatic carbocycles. The van der Waals surface area contributed by atoms with E-state index in [1.807, 2.05) is 48.7 Å². The van der Waals surface area contributed by atoms with E-state index in [9.17, 15) is 9.59 Å². The number of para-hydroxylation sites is 1. The van der Waals surface area contributed by atoms with Crippen LogP contribution in [0.4, 0.5) is 5.69 Å². The molecule has 0 spiro atoms. The van der Waals surface area contributed by atoms with Gasteiger partial charge in [0.25, 0.3) is 0 Å². The van der Waals surface area contributed by atoms with E-state index in [1.165, 1.54) is 45.4 Å². The van der Waals surface area contributed by atoms with Crippen molar-refractivity contribution >= 4 is 46.2 Å². The molecule has 1 aliphatic carbocycles. The van der Waals surface area contributed by atoms with Crippen LogP contribution < -0.4 is 16.4 Å². The zero-order chi connectivity index (χ0) is 31.1. The topological polar surface area (TPSA) is 119 Å². The molecule has 1 aliphatic rings. The number of anilines is 1. The normalized spacial score (nSPS) is 13.2. The Morgan fingerprint density at radius 1 is 1.20 bits per heavy atom. The molecule has 224 valence electrons. The molecule has 4 rings (SSSR count). The van der Waals surface area contributed by atoms with Crippen molar-refractivity contribution in [2.24, 2.45) is 22.2 Å². The number of hydrogen-bond donors (Lipinski definition) is 3. The summed E-state index contributed by atoms with van der Waals surface area (Å²) in [6, 6.07) is 14.7. The van der Waals surface area contributed by atoms with Gasteiger partial charge >= 0.3 is 0 Å². The molecule has 1 atom stereocenters. The number of amides is 1. The smallest absolute Gasteiger partial charge is 0.207 e. The maximum Gasteiger partial charge on any atom is 0.207 e. The number of carbonyl (C=O) groups excluding carboxylic acids is 2. The number of aryl methyl sites for hydroxylation is 2. The van der Waals surface area contributed by atoms with Crippen LogP contribution in [0.3, 0.4) is 0 Å². The summed E-state index contributed by atoms with van der Waals surface area (Å²) in [6.07, 6.45) is 14.4. The first kappa shape index (κ1) is 37.3. The van der Waals surface area contributed by atoms with Crippen molar-refractivity contribution in [2.75, 3.05) is 32.1 Å². The van der Waals surface area contributed by atoms with Gasteiger partial charge in [-0.1, -0.05) is 44.1 Å². The number of nitrogens with two attached hydrogens (primary N) is 1. The van der Waals surface area contributed by atoms with Crippen LogP contribution in [0.2, 0.25) is 0 Å². The number of fused-ring (bicyclic) bond motifs is 2. The highest BCUT2D eigenvalue weighted by Gasteiger charge is 2.29. The number of thiophene rings is 1. The molecule has 1 amide bonds. The maximum atomic E-state index is 9.48. The predicted octanol–water partition coefficient (Wildman–Crippen LogP) is 5.63. The van der Waals surface area contributed by atoms with Gasteiger partial charge < -0.3 is 21.2 Å². The van der Waals surface area contributed by atoms with Crippen LogP contribution in [0.1, 0.15) is 50.3 Å². The number of aromatic nitrogens is 1. The van der Waals surface area contributed by atoms with Crippen molar-refractivity contribution in [3.63, 3.8) is 0 Å². The summed E-state index contributed by atoms with van der Waals surface area (Å²) in [7, 11) is 1.91. The lowest BCUT2D eigenvalue weighted by molar-refractivity contribution is -0.112. The highest BCUT2D eigenvalue weighted by molar-refractivity contribution is 7.18. The largest absolute Gasteiger partial charge is 0.388 e. The van der Waals surface area contributed by atoms with E-state index >= 15 is 0 Å². The fourth-order valence-electron chi connectivity index (χ4n) is 3.88. The van der Waals surface area contributed by atoms with E-state index in [0.29, 0.717) is 31.2 Å². The van der Waals surface area contributed by atoms with E-state index in [1.54, 1.807) is 6.92 Å². The lowest BCUT2D eigenvalue weighted by Gasteiger charge is -2.34. The number of aldehydes is 1. The molecular weight excluding hydrogens is 534 g/mol. The van der Waals surface area contributed by atoms with Crippen molar-refractivity contribution in [3.8, 4) is 12.8 Å². The zero-order valence-corrected chi connectivity index (χ0v) is 26.2. The second-order valence-corrected chi connectivity index (χ2v) is 11.2. The van der Waals surface area contributed by atoms with E-state index < -0.39 is 0 Å². The molecule has 0 radical (unpaired) electrons. The lowest BCUT2D eigenvalue weighted by Crippen LogP contribution is -2.27. The van der Waals surface area contributed by atoms with Crippen LogP contribution in [0, 0.1) is 31.1 Å². The highest BCUT2D eigenvalue weighted by atomic mass is 32.1. The highest BCUT2D eigenvalue weighted by Crippen LogP contribution is 2.38. The van der Waals surface area contributed by atoms with E-state index in [2.05, 4.69) is 73.3 Å². The Kier molecular flexibility index (Phi) is 20.0. The first-order valence-corrected chi connectivity index (χ1v) is 14.4. The Bertz CT molecular complexity index is 1170. The van der Waals surface area contributed by atoms with Crippen LogP contribution in [0.25, 0.3) is 10.2 Å². The molecule has 0 bridgehead atoms. The minimum absolute atomic E-state index is 0.0460. The first-order chi connectivity index (χ1) is 19.7. The Morgan fingerprint density at radius 3 is 2.37 bits per heavy atom. The molecule has 3 aromatic rings. The van der Waals surface area contributed by atoms with Gasteiger partial charge in [0, 0.05) is 48.0 Å². The Hall–Kier alpha value is -3.74. The average molecular weight is 582 g/mol. The molecule has 0 aliphatic heterocycles. The van der Waals surface area contributed by atoms with Gasteiger partial charge in [-0.2, -0.15) is 0 Å². The van der Waals surface area contributed by atoms with Crippen molar-refractivity contribution in [1.82, 2.24) is 10.3 Å². The number of rotatable bonds is 7. The quantitative estimate of drug-likeness (QED) is 0.109. The molecule has 0 saturated carbocycles. The summed E-state index contributed by atoms with van der Waals surface area (Å²) in [6.45, 7) is 12.1. The van der Waals surface area contributed by atoms with Gasteiger partial charge in [-0.25, -0.2) is 4.98 Å². The van der Waals surface area contributed by atoms with Crippen LogP contribution in [-0.2, 0) is 27.3 Å². The predicted molar refractivity (Wildman–Crippen MR) is 175 cm³/mol. The van der Waals surface area contributed by atoms with E-state index in [4.69, 9.17) is 10.7 Å². The van der Waals surface area contributed by atoms with Gasteiger partial charge in [-0.05, 0) is 74.3 Å². The van der Waals surface area contributed by atoms with Gasteiger partial charge in [0.05, 0.1) is 0 Å². The van der Waals surface area contributed by atoms with E-state index in [-0.39, 0.29) is 6.61 Å². The van der Waals surface area contributed by atoms with Crippen LogP contribution in [0.15, 0.2) is 47.6 Å². The van der Waals surface area contributed by atoms with Crippen molar-refractivity contribution in [2.45, 2.75) is 53.9 Å². The third-order valence-corrected chi connectivity index (χ3v) is 6.94. The lowest BCUT2D eigenvalue weighted by atomic mass is 9.71. The molecule has 9 heteroatoms. The Labute approximate surface area is 250 Å². The van der Waals surface area contributed by atoms with Crippen LogP contribution in [-0.4, -0.2) is 50.6 Å². The number of pyridine rings is 1. The van der Waals surface area contributed by atoms with Crippen molar-refractivity contribution in [1.29, 1.82) is 0 Å². The van der Waals surface area contributed by atoms with E-state index in [0.717, 1.165) is 18.0 Å². The molecule has 2 aromatic heterocycles. The fourth-order valence-corrected chi connectivity index (χ4v) is 4.77. The summed E-state index contributed by atoms with van der Waals surface area (Å²) in [5.74, 6) is 0.795. The Balaban J connectivity index is 0.000000583. The number of nitrogens with one attached hydrogen (secondary N) is 2. The van der Waals surface area contributed by atoms with Crippen molar-refractivity contribution < 1.29 is 14.4 Å². The molecule has 8 nitrogen and oxygen atoms in total. The maximum absolute atomic E-state index is 9.48. The molecule has 0 fully saturated rings. The minimum atomic E-state index is 0.0460. The van der Waals surface area contributed by atoms with Gasteiger partial charge in [-0.3, -0.25) is 9.59 Å². The van der Waals surface area contributed by atoms with Crippen molar-refractivity contribution in [3.05, 3.63) is 58.6 Å². The molecule has 0 saturated heterocycles. The number of hydrogen-bond acceptors (Lipinski definition) is 8. The fraction of sp³-hybridized carbons (Fsp3) is 0.438. The van der Waals surface area contributed by atoms with Gasteiger partial charge in [0.1, 0.15) is 4.83 Å². The third-order valence-electron chi connectivity index (χ3n) is 5.98. The number of carbonyl (C=O) groups is 2. The number of nitrogens with zero attached hydrogens (tertiary/aromatic N) is 2. The van der Waals surface area contributed by atoms with Crippen LogP contribution >= 0.6 is 11.3 Å². The van der Waals surface area contributed by atoms with Gasteiger partial charge in [0.15, 0.2) is 12.9 Å². The summed E-state index contributed by atoms with van der Waals surface area (Å²) in [4.78, 5) is 30.7. The average Bonchev–Trinajstić information content (AvgIpc) is 3.35. The zero-order valence-electron chi connectivity index (χ0n) is 25.4. The van der Waals surface area contributed by atoms with Gasteiger partial charge in [0.2, 0.25) is 6.41 Å². The number of terminal acetylenes is 1. The molecule has 41 heavy (non-hydrogen) atoms. The third kappa shape index (κ3) is 15.6. The molecule has 4 N–H and O–H groups in total. The second kappa shape index (κ2) is 22.0. The van der Waals surface area contributed by atoms with Crippen LogP contribution in [0.5, 0.6) is 0 Å². The number of oxime groups is 1. The van der Waals surface area contributed by atoms with Gasteiger partial charge in [-0.15, -0.1) is 24.2 Å². The molecule has 1 unspecified atom stereocenters. The first-order valence-electron chi connectivity index (χ1n) is 13.6.